The van der Waals surface area contributed by atoms with Gasteiger partial charge in [-0.3, -0.25) is 9.78 Å². The number of aromatic nitrogens is 1. The van der Waals surface area contributed by atoms with Crippen LogP contribution in [0.5, 0.6) is 0 Å². The van der Waals surface area contributed by atoms with E-state index in [1.807, 2.05) is 0 Å². The summed E-state index contributed by atoms with van der Waals surface area (Å²) in [5, 5.41) is 2.52. The summed E-state index contributed by atoms with van der Waals surface area (Å²) in [5.74, 6) is -0.939. The minimum atomic E-state index is -3.59. The summed E-state index contributed by atoms with van der Waals surface area (Å²) in [6.07, 6.45) is 2.58. The standard InChI is InChI=1S/C16H18FN3O3S/c1-24(22,23)20(11-14-7-4-5-9-18-14)12-16(21)19-10-13-6-2-3-8-15(13)17/h2-9H,10-12H2,1H3,(H,19,21). The molecule has 0 radical (unpaired) electrons. The molecule has 0 bridgehead atoms. The highest BCUT2D eigenvalue weighted by molar-refractivity contribution is 7.88. The summed E-state index contributed by atoms with van der Waals surface area (Å²) in [6.45, 7) is -0.372. The van der Waals surface area contributed by atoms with E-state index in [9.17, 15) is 17.6 Å². The fraction of sp³-hybridized carbons (Fsp3) is 0.250. The Bertz CT molecular complexity index is 797. The lowest BCUT2D eigenvalue weighted by atomic mass is 10.2. The van der Waals surface area contributed by atoms with Crippen molar-refractivity contribution in [2.24, 2.45) is 0 Å². The molecular formula is C16H18FN3O3S. The van der Waals surface area contributed by atoms with Gasteiger partial charge in [0.1, 0.15) is 5.82 Å². The molecule has 0 aliphatic rings. The summed E-state index contributed by atoms with van der Waals surface area (Å²) >= 11 is 0. The van der Waals surface area contributed by atoms with Crippen LogP contribution in [-0.2, 0) is 27.9 Å². The van der Waals surface area contributed by atoms with E-state index < -0.39 is 21.7 Å². The van der Waals surface area contributed by atoms with Gasteiger partial charge in [0.2, 0.25) is 15.9 Å². The Balaban J connectivity index is 1.99. The smallest absolute Gasteiger partial charge is 0.235 e. The average Bonchev–Trinajstić information content (AvgIpc) is 2.53. The summed E-state index contributed by atoms with van der Waals surface area (Å²) in [6, 6.07) is 11.2. The molecule has 2 aromatic rings. The minimum absolute atomic E-state index is 0.00715. The SMILES string of the molecule is CS(=O)(=O)N(CC(=O)NCc1ccccc1F)Cc1ccccn1. The highest BCUT2D eigenvalue weighted by Gasteiger charge is 2.21. The number of halogens is 1. The Labute approximate surface area is 140 Å². The molecule has 1 N–H and O–H groups in total. The lowest BCUT2D eigenvalue weighted by Crippen LogP contribution is -2.39. The largest absolute Gasteiger partial charge is 0.351 e. The van der Waals surface area contributed by atoms with Crippen LogP contribution in [0.15, 0.2) is 48.7 Å². The van der Waals surface area contributed by atoms with Gasteiger partial charge in [-0.2, -0.15) is 4.31 Å². The molecule has 8 heteroatoms. The van der Waals surface area contributed by atoms with E-state index in [2.05, 4.69) is 10.3 Å². The number of rotatable bonds is 7. The molecule has 0 saturated carbocycles. The first-order valence-corrected chi connectivity index (χ1v) is 9.06. The zero-order chi connectivity index (χ0) is 17.6. The molecular weight excluding hydrogens is 333 g/mol. The number of nitrogens with zero attached hydrogens (tertiary/aromatic N) is 2. The summed E-state index contributed by atoms with van der Waals surface area (Å²) < 4.78 is 38.2. The molecule has 24 heavy (non-hydrogen) atoms. The number of sulfonamides is 1. The van der Waals surface area contributed by atoms with Crippen LogP contribution in [0.1, 0.15) is 11.3 Å². The van der Waals surface area contributed by atoms with Gasteiger partial charge in [0.25, 0.3) is 0 Å². The third kappa shape index (κ3) is 5.39. The number of carbonyl (C=O) groups is 1. The van der Waals surface area contributed by atoms with Crippen LogP contribution in [0.2, 0.25) is 0 Å². The Hall–Kier alpha value is -2.32. The van der Waals surface area contributed by atoms with Gasteiger partial charge in [0.15, 0.2) is 0 Å². The monoisotopic (exact) mass is 351 g/mol. The van der Waals surface area contributed by atoms with Gasteiger partial charge in [0, 0.05) is 18.3 Å². The Morgan fingerprint density at radius 2 is 1.92 bits per heavy atom. The van der Waals surface area contributed by atoms with Crippen molar-refractivity contribution >= 4 is 15.9 Å². The van der Waals surface area contributed by atoms with Crippen molar-refractivity contribution in [3.8, 4) is 0 Å². The van der Waals surface area contributed by atoms with Crippen LogP contribution in [-0.4, -0.2) is 36.4 Å². The third-order valence-electron chi connectivity index (χ3n) is 3.29. The number of hydrogen-bond acceptors (Lipinski definition) is 4. The number of benzene rings is 1. The van der Waals surface area contributed by atoms with Gasteiger partial charge < -0.3 is 5.32 Å². The highest BCUT2D eigenvalue weighted by atomic mass is 32.2. The maximum atomic E-state index is 13.5. The molecule has 6 nitrogen and oxygen atoms in total. The Kier molecular flexibility index (Phi) is 5.99. The Morgan fingerprint density at radius 1 is 1.21 bits per heavy atom. The van der Waals surface area contributed by atoms with Crippen molar-refractivity contribution in [3.05, 3.63) is 65.7 Å². The van der Waals surface area contributed by atoms with Crippen molar-refractivity contribution in [1.82, 2.24) is 14.6 Å². The fourth-order valence-corrected chi connectivity index (χ4v) is 2.73. The Morgan fingerprint density at radius 3 is 2.54 bits per heavy atom. The lowest BCUT2D eigenvalue weighted by Gasteiger charge is -2.19. The second-order valence-electron chi connectivity index (χ2n) is 5.22. The average molecular weight is 351 g/mol. The molecule has 1 aromatic carbocycles. The van der Waals surface area contributed by atoms with Crippen molar-refractivity contribution in [3.63, 3.8) is 0 Å². The number of amides is 1. The van der Waals surface area contributed by atoms with E-state index in [4.69, 9.17) is 0 Å². The summed E-state index contributed by atoms with van der Waals surface area (Å²) in [4.78, 5) is 16.1. The van der Waals surface area contributed by atoms with Gasteiger partial charge in [0.05, 0.1) is 25.0 Å². The van der Waals surface area contributed by atoms with Crippen LogP contribution in [0, 0.1) is 5.82 Å². The molecule has 1 heterocycles. The number of hydrogen-bond donors (Lipinski definition) is 1. The topological polar surface area (TPSA) is 79.4 Å². The highest BCUT2D eigenvalue weighted by Crippen LogP contribution is 2.07. The number of pyridine rings is 1. The predicted molar refractivity (Wildman–Crippen MR) is 87.7 cm³/mol. The van der Waals surface area contributed by atoms with E-state index in [1.165, 1.54) is 6.07 Å². The maximum Gasteiger partial charge on any atom is 0.235 e. The zero-order valence-electron chi connectivity index (χ0n) is 13.1. The van der Waals surface area contributed by atoms with Crippen LogP contribution < -0.4 is 5.32 Å². The summed E-state index contributed by atoms with van der Waals surface area (Å²) in [5.41, 5.74) is 0.867. The molecule has 0 spiro atoms. The second-order valence-corrected chi connectivity index (χ2v) is 7.20. The molecule has 2 rings (SSSR count). The first-order chi connectivity index (χ1) is 11.4. The van der Waals surface area contributed by atoms with E-state index in [0.29, 0.717) is 11.3 Å². The van der Waals surface area contributed by atoms with Crippen LogP contribution in [0.25, 0.3) is 0 Å². The minimum Gasteiger partial charge on any atom is -0.351 e. The van der Waals surface area contributed by atoms with E-state index in [0.717, 1.165) is 10.6 Å². The molecule has 0 fully saturated rings. The van der Waals surface area contributed by atoms with E-state index in [1.54, 1.807) is 42.6 Å². The van der Waals surface area contributed by atoms with Gasteiger partial charge in [-0.15, -0.1) is 0 Å². The van der Waals surface area contributed by atoms with Gasteiger partial charge >= 0.3 is 0 Å². The van der Waals surface area contributed by atoms with Crippen molar-refractivity contribution in [2.45, 2.75) is 13.1 Å². The molecule has 1 aromatic heterocycles. The number of nitrogens with one attached hydrogen (secondary N) is 1. The molecule has 0 unspecified atom stereocenters. The molecule has 0 saturated heterocycles. The fourth-order valence-electron chi connectivity index (χ4n) is 2.01. The normalized spacial score (nSPS) is 11.5. The van der Waals surface area contributed by atoms with Crippen molar-refractivity contribution in [2.75, 3.05) is 12.8 Å². The quantitative estimate of drug-likeness (QED) is 0.815. The first-order valence-electron chi connectivity index (χ1n) is 7.21. The van der Waals surface area contributed by atoms with Crippen LogP contribution >= 0.6 is 0 Å². The molecule has 128 valence electrons. The van der Waals surface area contributed by atoms with Crippen LogP contribution in [0.4, 0.5) is 4.39 Å². The third-order valence-corrected chi connectivity index (χ3v) is 4.48. The molecule has 0 aliphatic heterocycles. The maximum absolute atomic E-state index is 13.5. The van der Waals surface area contributed by atoms with E-state index in [-0.39, 0.29) is 19.6 Å². The van der Waals surface area contributed by atoms with Gasteiger partial charge in [-0.05, 0) is 18.2 Å². The van der Waals surface area contributed by atoms with Crippen molar-refractivity contribution in [1.29, 1.82) is 0 Å². The van der Waals surface area contributed by atoms with Gasteiger partial charge in [-0.25, -0.2) is 12.8 Å². The second kappa shape index (κ2) is 7.98. The molecule has 1 amide bonds. The predicted octanol–water partition coefficient (Wildman–Crippen LogP) is 1.30. The number of carbonyl (C=O) groups excluding carboxylic acids is 1. The molecule has 0 atom stereocenters. The molecule has 0 aliphatic carbocycles. The van der Waals surface area contributed by atoms with E-state index >= 15 is 0 Å². The summed E-state index contributed by atoms with van der Waals surface area (Å²) in [7, 11) is -3.59. The van der Waals surface area contributed by atoms with Gasteiger partial charge in [-0.1, -0.05) is 24.3 Å². The van der Waals surface area contributed by atoms with Crippen LogP contribution in [0.3, 0.4) is 0 Å². The zero-order valence-corrected chi connectivity index (χ0v) is 14.0. The lowest BCUT2D eigenvalue weighted by molar-refractivity contribution is -0.121. The van der Waals surface area contributed by atoms with Crippen molar-refractivity contribution < 1.29 is 17.6 Å². The first kappa shape index (κ1) is 18.0.